The fourth-order valence-corrected chi connectivity index (χ4v) is 5.43. The van der Waals surface area contributed by atoms with Crippen LogP contribution in [0.1, 0.15) is 42.5 Å². The molecular weight excluding hydrogens is 406 g/mol. The van der Waals surface area contributed by atoms with E-state index in [0.717, 1.165) is 50.2 Å². The molecule has 0 radical (unpaired) electrons. The lowest BCUT2D eigenvalue weighted by atomic mass is 10.1. The van der Waals surface area contributed by atoms with Crippen molar-refractivity contribution in [1.82, 2.24) is 20.1 Å². The third-order valence-electron chi connectivity index (χ3n) is 5.49. The van der Waals surface area contributed by atoms with E-state index in [4.69, 9.17) is 4.74 Å². The second-order valence-corrected chi connectivity index (χ2v) is 9.61. The summed E-state index contributed by atoms with van der Waals surface area (Å²) in [4.78, 5) is 15.9. The average molecular weight is 436 g/mol. The molecule has 2 saturated heterocycles. The second kappa shape index (κ2) is 9.95. The highest BCUT2D eigenvalue weighted by molar-refractivity contribution is 7.99. The normalized spacial score (nSPS) is 19.6. The predicted octanol–water partition coefficient (Wildman–Crippen LogP) is 3.23. The zero-order valence-electron chi connectivity index (χ0n) is 16.9. The van der Waals surface area contributed by atoms with E-state index >= 15 is 0 Å². The molecule has 9 heteroatoms. The van der Waals surface area contributed by atoms with Gasteiger partial charge in [0.15, 0.2) is 5.16 Å². The average Bonchev–Trinajstić information content (AvgIpc) is 3.48. The van der Waals surface area contributed by atoms with Crippen LogP contribution < -0.4 is 10.2 Å². The van der Waals surface area contributed by atoms with Gasteiger partial charge in [0.25, 0.3) is 0 Å². The lowest BCUT2D eigenvalue weighted by Gasteiger charge is -2.28. The van der Waals surface area contributed by atoms with E-state index in [1.165, 1.54) is 41.5 Å². The molecule has 1 unspecified atom stereocenters. The van der Waals surface area contributed by atoms with Crippen molar-refractivity contribution in [3.05, 3.63) is 21.9 Å². The summed E-state index contributed by atoms with van der Waals surface area (Å²) >= 11 is 3.14. The van der Waals surface area contributed by atoms with E-state index in [1.807, 2.05) is 0 Å². The third-order valence-corrected chi connectivity index (χ3v) is 7.48. The fourth-order valence-electron chi connectivity index (χ4n) is 3.81. The van der Waals surface area contributed by atoms with Crippen LogP contribution in [0.5, 0.6) is 0 Å². The predicted molar refractivity (Wildman–Crippen MR) is 117 cm³/mol. The number of ether oxygens (including phenoxy) is 1. The highest BCUT2D eigenvalue weighted by atomic mass is 32.2. The molecule has 0 spiro atoms. The van der Waals surface area contributed by atoms with Gasteiger partial charge in [0.1, 0.15) is 0 Å². The van der Waals surface area contributed by atoms with Gasteiger partial charge in [0, 0.05) is 24.6 Å². The number of nitrogens with zero attached hydrogens (tertiary/aromatic N) is 4. The maximum atomic E-state index is 12.4. The van der Waals surface area contributed by atoms with Gasteiger partial charge in [-0.2, -0.15) is 0 Å². The number of thiophene rings is 1. The smallest absolute Gasteiger partial charge is 0.230 e. The molecule has 1 amide bonds. The van der Waals surface area contributed by atoms with Gasteiger partial charge in [-0.05, 0) is 56.0 Å². The number of thioether (sulfide) groups is 1. The summed E-state index contributed by atoms with van der Waals surface area (Å²) in [5, 5.41) is 14.8. The summed E-state index contributed by atoms with van der Waals surface area (Å²) < 4.78 is 8.03. The van der Waals surface area contributed by atoms with Gasteiger partial charge in [-0.15, -0.1) is 21.5 Å². The van der Waals surface area contributed by atoms with Gasteiger partial charge in [-0.1, -0.05) is 11.8 Å². The number of hydrogen-bond donors (Lipinski definition) is 1. The van der Waals surface area contributed by atoms with E-state index in [1.54, 1.807) is 11.3 Å². The Kier molecular flexibility index (Phi) is 7.10. The van der Waals surface area contributed by atoms with Crippen LogP contribution >= 0.6 is 23.1 Å². The fraction of sp³-hybridized carbons (Fsp3) is 0.650. The van der Waals surface area contributed by atoms with Crippen LogP contribution in [0, 0.1) is 6.92 Å². The van der Waals surface area contributed by atoms with Crippen LogP contribution in [-0.4, -0.2) is 52.2 Å². The zero-order valence-corrected chi connectivity index (χ0v) is 18.6. The lowest BCUT2D eigenvalue weighted by Crippen LogP contribution is -2.33. The first kappa shape index (κ1) is 20.7. The molecule has 2 aliphatic heterocycles. The minimum absolute atomic E-state index is 0.0222. The van der Waals surface area contributed by atoms with Crippen LogP contribution in [0.3, 0.4) is 0 Å². The Morgan fingerprint density at radius 1 is 1.31 bits per heavy atom. The largest absolute Gasteiger partial charge is 0.376 e. The van der Waals surface area contributed by atoms with Crippen LogP contribution in [0.4, 0.5) is 5.95 Å². The third kappa shape index (κ3) is 5.32. The van der Waals surface area contributed by atoms with Crippen molar-refractivity contribution in [3.8, 4) is 0 Å². The Hall–Kier alpha value is -1.58. The maximum Gasteiger partial charge on any atom is 0.230 e. The standard InChI is InChI=1S/C20H29N5O2S2/c1-15-7-11-28-17(15)12-21-18(26)14-29-20-23-22-19(24-8-3-2-4-9-24)25(20)13-16-6-5-10-27-16/h7,11,16H,2-6,8-10,12-14H2,1H3,(H,21,26). The molecule has 29 heavy (non-hydrogen) atoms. The van der Waals surface area contributed by atoms with Gasteiger partial charge < -0.3 is 15.0 Å². The molecule has 0 saturated carbocycles. The summed E-state index contributed by atoms with van der Waals surface area (Å²) in [5.41, 5.74) is 1.23. The summed E-state index contributed by atoms with van der Waals surface area (Å²) in [6.07, 6.45) is 6.06. The quantitative estimate of drug-likeness (QED) is 0.642. The Morgan fingerprint density at radius 3 is 2.90 bits per heavy atom. The highest BCUT2D eigenvalue weighted by Crippen LogP contribution is 2.27. The monoisotopic (exact) mass is 435 g/mol. The molecule has 2 fully saturated rings. The molecule has 0 bridgehead atoms. The van der Waals surface area contributed by atoms with Gasteiger partial charge in [0.05, 0.1) is 24.9 Å². The Balaban J connectivity index is 1.39. The number of amides is 1. The van der Waals surface area contributed by atoms with Crippen LogP contribution in [0.15, 0.2) is 16.6 Å². The zero-order chi connectivity index (χ0) is 20.1. The first-order valence-electron chi connectivity index (χ1n) is 10.4. The van der Waals surface area contributed by atoms with Crippen molar-refractivity contribution < 1.29 is 9.53 Å². The summed E-state index contributed by atoms with van der Waals surface area (Å²) in [6.45, 7) is 6.30. The minimum atomic E-state index is 0.0222. The number of rotatable bonds is 8. The Bertz CT molecular complexity index is 810. The van der Waals surface area contributed by atoms with Crippen LogP contribution in [0.25, 0.3) is 0 Å². The number of carbonyl (C=O) groups excluding carboxylic acids is 1. The Morgan fingerprint density at radius 2 is 2.17 bits per heavy atom. The van der Waals surface area contributed by atoms with Gasteiger partial charge in [0.2, 0.25) is 11.9 Å². The summed E-state index contributed by atoms with van der Waals surface area (Å²) in [6, 6.07) is 2.08. The second-order valence-electron chi connectivity index (χ2n) is 7.67. The van der Waals surface area contributed by atoms with E-state index in [-0.39, 0.29) is 12.0 Å². The molecule has 4 rings (SSSR count). The van der Waals surface area contributed by atoms with E-state index in [0.29, 0.717) is 12.3 Å². The van der Waals surface area contributed by atoms with Crippen molar-refractivity contribution in [2.45, 2.75) is 63.4 Å². The van der Waals surface area contributed by atoms with E-state index in [2.05, 4.69) is 43.4 Å². The SMILES string of the molecule is Cc1ccsc1CNC(=O)CSc1nnc(N2CCCCC2)n1CC1CCCO1. The number of hydrogen-bond acceptors (Lipinski definition) is 7. The van der Waals surface area contributed by atoms with E-state index in [9.17, 15) is 4.79 Å². The van der Waals surface area contributed by atoms with Crippen molar-refractivity contribution in [3.63, 3.8) is 0 Å². The van der Waals surface area contributed by atoms with Crippen molar-refractivity contribution in [1.29, 1.82) is 0 Å². The van der Waals surface area contributed by atoms with Crippen molar-refractivity contribution in [2.24, 2.45) is 0 Å². The number of piperidine rings is 1. The first-order chi connectivity index (χ1) is 14.2. The molecule has 0 aliphatic carbocycles. The Labute approximate surface area is 180 Å². The van der Waals surface area contributed by atoms with Crippen LogP contribution in [0.2, 0.25) is 0 Å². The topological polar surface area (TPSA) is 72.3 Å². The molecule has 1 N–H and O–H groups in total. The number of nitrogens with one attached hydrogen (secondary N) is 1. The summed E-state index contributed by atoms with van der Waals surface area (Å²) in [5.74, 6) is 1.29. The van der Waals surface area contributed by atoms with Gasteiger partial charge >= 0.3 is 0 Å². The number of aromatic nitrogens is 3. The van der Waals surface area contributed by atoms with E-state index < -0.39 is 0 Å². The molecule has 7 nitrogen and oxygen atoms in total. The molecule has 2 aromatic heterocycles. The molecule has 2 aromatic rings. The highest BCUT2D eigenvalue weighted by Gasteiger charge is 2.25. The number of aryl methyl sites for hydroxylation is 1. The maximum absolute atomic E-state index is 12.4. The first-order valence-corrected chi connectivity index (χ1v) is 12.3. The summed E-state index contributed by atoms with van der Waals surface area (Å²) in [7, 11) is 0. The molecular formula is C20H29N5O2S2. The van der Waals surface area contributed by atoms with Gasteiger partial charge in [-0.3, -0.25) is 9.36 Å². The lowest BCUT2D eigenvalue weighted by molar-refractivity contribution is -0.118. The molecule has 158 valence electrons. The minimum Gasteiger partial charge on any atom is -0.376 e. The number of carbonyl (C=O) groups is 1. The molecule has 2 aliphatic rings. The number of anilines is 1. The molecule has 4 heterocycles. The van der Waals surface area contributed by atoms with Crippen molar-refractivity contribution >= 4 is 35.0 Å². The van der Waals surface area contributed by atoms with Crippen LogP contribution in [-0.2, 0) is 22.6 Å². The molecule has 0 aromatic carbocycles. The van der Waals surface area contributed by atoms with Crippen molar-refractivity contribution in [2.75, 3.05) is 30.3 Å². The molecule has 1 atom stereocenters. The van der Waals surface area contributed by atoms with Gasteiger partial charge in [-0.25, -0.2) is 0 Å².